The number of anilines is 1. The first-order chi connectivity index (χ1) is 9.56. The van der Waals surface area contributed by atoms with E-state index in [0.717, 1.165) is 11.3 Å². The van der Waals surface area contributed by atoms with Gasteiger partial charge in [-0.3, -0.25) is 4.79 Å². The number of amides is 1. The van der Waals surface area contributed by atoms with Gasteiger partial charge in [0.25, 0.3) is 0 Å². The van der Waals surface area contributed by atoms with Gasteiger partial charge in [0, 0.05) is 30.1 Å². The molecule has 0 radical (unpaired) electrons. The fourth-order valence-electron chi connectivity index (χ4n) is 2.38. The van der Waals surface area contributed by atoms with Crippen LogP contribution in [0.15, 0.2) is 17.2 Å². The molecule has 1 atom stereocenters. The molecule has 6 nitrogen and oxygen atoms in total. The largest absolute Gasteiger partial charge is 0.495 e. The van der Waals surface area contributed by atoms with E-state index in [1.54, 1.807) is 18.1 Å². The molecule has 20 heavy (non-hydrogen) atoms. The summed E-state index contributed by atoms with van der Waals surface area (Å²) in [6, 6.07) is 3.55. The Morgan fingerprint density at radius 3 is 3.00 bits per heavy atom. The third kappa shape index (κ3) is 2.81. The molecule has 1 amide bonds. The van der Waals surface area contributed by atoms with Crippen LogP contribution in [0.2, 0.25) is 5.02 Å². The van der Waals surface area contributed by atoms with Crippen LogP contribution in [0.25, 0.3) is 10.4 Å². The van der Waals surface area contributed by atoms with E-state index in [0.29, 0.717) is 30.3 Å². The Morgan fingerprint density at radius 2 is 2.35 bits per heavy atom. The van der Waals surface area contributed by atoms with Gasteiger partial charge in [-0.15, -0.1) is 0 Å². The Hall–Kier alpha value is -1.91. The summed E-state index contributed by atoms with van der Waals surface area (Å²) >= 11 is 6.12. The van der Waals surface area contributed by atoms with Gasteiger partial charge in [-0.2, -0.15) is 0 Å². The van der Waals surface area contributed by atoms with E-state index < -0.39 is 0 Å². The number of benzene rings is 1. The molecule has 0 aromatic heterocycles. The minimum absolute atomic E-state index is 0.0208. The number of hydrogen-bond donors (Lipinski definition) is 0. The molecule has 106 valence electrons. The molecule has 1 aromatic carbocycles. The van der Waals surface area contributed by atoms with Crippen molar-refractivity contribution in [2.75, 3.05) is 25.1 Å². The topological polar surface area (TPSA) is 78.3 Å². The van der Waals surface area contributed by atoms with Crippen LogP contribution in [-0.2, 0) is 4.79 Å². The van der Waals surface area contributed by atoms with Gasteiger partial charge in [0.2, 0.25) is 5.91 Å². The lowest BCUT2D eigenvalue weighted by atomic mass is 10.1. The summed E-state index contributed by atoms with van der Waals surface area (Å²) in [5.74, 6) is 0.663. The van der Waals surface area contributed by atoms with Gasteiger partial charge >= 0.3 is 0 Å². The van der Waals surface area contributed by atoms with E-state index >= 15 is 0 Å². The van der Waals surface area contributed by atoms with Gasteiger partial charge in [-0.25, -0.2) is 0 Å². The fraction of sp³-hybridized carbons (Fsp3) is 0.462. The molecule has 2 rings (SSSR count). The number of ether oxygens (including phenoxy) is 1. The number of carbonyl (C=O) groups is 1. The first-order valence-electron chi connectivity index (χ1n) is 6.22. The highest BCUT2D eigenvalue weighted by atomic mass is 35.5. The van der Waals surface area contributed by atoms with E-state index in [1.807, 2.05) is 13.0 Å². The van der Waals surface area contributed by atoms with E-state index in [-0.39, 0.29) is 11.8 Å². The number of azide groups is 1. The predicted molar refractivity (Wildman–Crippen MR) is 77.2 cm³/mol. The third-order valence-electron chi connectivity index (χ3n) is 3.37. The molecule has 1 unspecified atom stereocenters. The second-order valence-corrected chi connectivity index (χ2v) is 5.17. The van der Waals surface area contributed by atoms with Crippen molar-refractivity contribution in [2.45, 2.75) is 13.3 Å². The molecule has 0 saturated carbocycles. The predicted octanol–water partition coefficient (Wildman–Crippen LogP) is 3.32. The van der Waals surface area contributed by atoms with Gasteiger partial charge in [0.15, 0.2) is 0 Å². The molecule has 1 aliphatic rings. The van der Waals surface area contributed by atoms with E-state index in [1.165, 1.54) is 0 Å². The lowest BCUT2D eigenvalue weighted by Gasteiger charge is -2.20. The van der Waals surface area contributed by atoms with Crippen LogP contribution in [0.3, 0.4) is 0 Å². The van der Waals surface area contributed by atoms with Crippen molar-refractivity contribution in [3.05, 3.63) is 33.2 Å². The van der Waals surface area contributed by atoms with Gasteiger partial charge in [-0.1, -0.05) is 16.7 Å². The van der Waals surface area contributed by atoms with Gasteiger partial charge in [-0.05, 0) is 36.1 Å². The summed E-state index contributed by atoms with van der Waals surface area (Å²) < 4.78 is 5.15. The van der Waals surface area contributed by atoms with Crippen LogP contribution in [0.1, 0.15) is 12.0 Å². The quantitative estimate of drug-likeness (QED) is 0.485. The second-order valence-electron chi connectivity index (χ2n) is 4.76. The third-order valence-corrected chi connectivity index (χ3v) is 3.66. The lowest BCUT2D eigenvalue weighted by Crippen LogP contribution is -2.25. The normalized spacial score (nSPS) is 18.1. The van der Waals surface area contributed by atoms with Crippen molar-refractivity contribution in [1.29, 1.82) is 0 Å². The summed E-state index contributed by atoms with van der Waals surface area (Å²) in [7, 11) is 1.55. The van der Waals surface area contributed by atoms with Crippen LogP contribution in [0.5, 0.6) is 5.75 Å². The number of hydrogen-bond acceptors (Lipinski definition) is 3. The molecule has 0 bridgehead atoms. The smallest absolute Gasteiger partial charge is 0.227 e. The summed E-state index contributed by atoms with van der Waals surface area (Å²) in [6.45, 7) is 2.78. The lowest BCUT2D eigenvalue weighted by molar-refractivity contribution is -0.117. The number of halogens is 1. The molecule has 1 heterocycles. The van der Waals surface area contributed by atoms with Crippen molar-refractivity contribution in [3.8, 4) is 5.75 Å². The summed E-state index contributed by atoms with van der Waals surface area (Å²) in [5.41, 5.74) is 10.0. The second kappa shape index (κ2) is 6.03. The number of aryl methyl sites for hydroxylation is 1. The Bertz CT molecular complexity index is 584. The highest BCUT2D eigenvalue weighted by Crippen LogP contribution is 2.35. The maximum absolute atomic E-state index is 12.1. The summed E-state index contributed by atoms with van der Waals surface area (Å²) in [4.78, 5) is 16.5. The Balaban J connectivity index is 2.26. The zero-order valence-corrected chi connectivity index (χ0v) is 12.1. The van der Waals surface area contributed by atoms with Gasteiger partial charge in [0.05, 0.1) is 12.1 Å². The van der Waals surface area contributed by atoms with Crippen molar-refractivity contribution < 1.29 is 9.53 Å². The maximum Gasteiger partial charge on any atom is 0.227 e. The molecule has 1 fully saturated rings. The fourth-order valence-corrected chi connectivity index (χ4v) is 2.62. The average molecular weight is 295 g/mol. The van der Waals surface area contributed by atoms with Crippen LogP contribution in [-0.4, -0.2) is 26.1 Å². The minimum Gasteiger partial charge on any atom is -0.495 e. The summed E-state index contributed by atoms with van der Waals surface area (Å²) in [5, 5.41) is 4.01. The van der Waals surface area contributed by atoms with Crippen molar-refractivity contribution in [1.82, 2.24) is 0 Å². The van der Waals surface area contributed by atoms with Crippen LogP contribution in [0.4, 0.5) is 5.69 Å². The Kier molecular flexibility index (Phi) is 4.37. The number of carbonyl (C=O) groups excluding carboxylic acids is 1. The van der Waals surface area contributed by atoms with Crippen molar-refractivity contribution >= 4 is 23.2 Å². The van der Waals surface area contributed by atoms with Crippen LogP contribution < -0.4 is 9.64 Å². The molecule has 1 aliphatic heterocycles. The van der Waals surface area contributed by atoms with Crippen molar-refractivity contribution in [3.63, 3.8) is 0 Å². The monoisotopic (exact) mass is 294 g/mol. The van der Waals surface area contributed by atoms with Gasteiger partial charge in [0.1, 0.15) is 5.75 Å². The van der Waals surface area contributed by atoms with Crippen LogP contribution in [0, 0.1) is 12.8 Å². The zero-order chi connectivity index (χ0) is 14.7. The van der Waals surface area contributed by atoms with Crippen LogP contribution >= 0.6 is 11.6 Å². The SMILES string of the molecule is COc1cc(C)c(N2CC(CN=[N+]=[N-])CC2=O)cc1Cl. The molecule has 0 N–H and O–H groups in total. The first-order valence-corrected chi connectivity index (χ1v) is 6.60. The molecule has 1 aromatic rings. The highest BCUT2D eigenvalue weighted by molar-refractivity contribution is 6.32. The minimum atomic E-state index is 0.0208. The van der Waals surface area contributed by atoms with Gasteiger partial charge < -0.3 is 9.64 Å². The maximum atomic E-state index is 12.1. The number of nitrogens with zero attached hydrogens (tertiary/aromatic N) is 4. The first kappa shape index (κ1) is 14.5. The molecule has 0 spiro atoms. The van der Waals surface area contributed by atoms with E-state index in [2.05, 4.69) is 10.0 Å². The Morgan fingerprint density at radius 1 is 1.60 bits per heavy atom. The number of methoxy groups -OCH3 is 1. The standard InChI is InChI=1S/C13H15ClN4O2/c1-8-3-12(20-2)10(14)5-11(8)18-7-9(4-13(18)19)6-16-17-15/h3,5,9H,4,6-7H2,1-2H3. The number of rotatable bonds is 4. The highest BCUT2D eigenvalue weighted by Gasteiger charge is 2.31. The summed E-state index contributed by atoms with van der Waals surface area (Å²) in [6.07, 6.45) is 0.391. The molecular formula is C13H15ClN4O2. The molecule has 0 aliphatic carbocycles. The molecule has 1 saturated heterocycles. The molecule has 7 heteroatoms. The average Bonchev–Trinajstić information content (AvgIpc) is 2.79. The van der Waals surface area contributed by atoms with Crippen molar-refractivity contribution in [2.24, 2.45) is 11.0 Å². The molecular weight excluding hydrogens is 280 g/mol. The van der Waals surface area contributed by atoms with E-state index in [4.69, 9.17) is 21.9 Å². The zero-order valence-electron chi connectivity index (χ0n) is 11.3. The van der Waals surface area contributed by atoms with E-state index in [9.17, 15) is 4.79 Å². The Labute approximate surface area is 121 Å².